The van der Waals surface area contributed by atoms with Crippen molar-refractivity contribution in [2.75, 3.05) is 18.4 Å². The van der Waals surface area contributed by atoms with Crippen molar-refractivity contribution in [3.8, 4) is 10.4 Å². The zero-order valence-electron chi connectivity index (χ0n) is 17.0. The highest BCUT2D eigenvalue weighted by atomic mass is 32.1. The average Bonchev–Trinajstić information content (AvgIpc) is 3.28. The maximum atomic E-state index is 13.1. The summed E-state index contributed by atoms with van der Waals surface area (Å²) >= 11 is 1.55. The molecule has 4 rings (SSSR count). The topological polar surface area (TPSA) is 49.4 Å². The van der Waals surface area contributed by atoms with Gasteiger partial charge in [-0.3, -0.25) is 9.59 Å². The molecule has 6 heteroatoms. The van der Waals surface area contributed by atoms with Crippen molar-refractivity contribution in [1.29, 1.82) is 0 Å². The SMILES string of the molecule is O=C(Nc1ccccc1)C1CCN(C(=O)/C=C/c2ccc(-c3ccc(F)cc3)s2)CC1. The number of nitrogens with zero attached hydrogens (tertiary/aromatic N) is 1. The molecule has 4 nitrogen and oxygen atoms in total. The van der Waals surface area contributed by atoms with Crippen LogP contribution in [0.5, 0.6) is 0 Å². The van der Waals surface area contributed by atoms with Crippen molar-refractivity contribution in [1.82, 2.24) is 4.90 Å². The summed E-state index contributed by atoms with van der Waals surface area (Å²) in [5.74, 6) is -0.365. The lowest BCUT2D eigenvalue weighted by atomic mass is 9.95. The Labute approximate surface area is 185 Å². The van der Waals surface area contributed by atoms with Crippen molar-refractivity contribution in [3.05, 3.63) is 83.5 Å². The molecule has 2 aromatic carbocycles. The number of rotatable bonds is 5. The summed E-state index contributed by atoms with van der Waals surface area (Å²) in [5.41, 5.74) is 1.75. The molecule has 0 radical (unpaired) electrons. The first-order valence-corrected chi connectivity index (χ1v) is 11.1. The number of amides is 2. The number of piperidine rings is 1. The first kappa shape index (κ1) is 21.0. The number of para-hydroxylation sites is 1. The van der Waals surface area contributed by atoms with Crippen LogP contribution in [0.3, 0.4) is 0 Å². The van der Waals surface area contributed by atoms with Crippen LogP contribution in [0, 0.1) is 11.7 Å². The van der Waals surface area contributed by atoms with E-state index in [9.17, 15) is 14.0 Å². The highest BCUT2D eigenvalue weighted by Gasteiger charge is 2.26. The van der Waals surface area contributed by atoms with Gasteiger partial charge in [0.2, 0.25) is 11.8 Å². The molecule has 1 N–H and O–H groups in total. The number of benzene rings is 2. The molecule has 0 bridgehead atoms. The quantitative estimate of drug-likeness (QED) is 0.543. The monoisotopic (exact) mass is 434 g/mol. The molecule has 0 unspecified atom stereocenters. The molecule has 0 saturated carbocycles. The van der Waals surface area contributed by atoms with Crippen molar-refractivity contribution in [2.45, 2.75) is 12.8 Å². The first-order chi connectivity index (χ1) is 15.1. The van der Waals surface area contributed by atoms with Crippen LogP contribution < -0.4 is 5.32 Å². The molecule has 1 fully saturated rings. The van der Waals surface area contributed by atoms with Gasteiger partial charge in [0, 0.05) is 40.5 Å². The van der Waals surface area contributed by atoms with Crippen LogP contribution in [0.15, 0.2) is 72.8 Å². The Kier molecular flexibility index (Phi) is 6.57. The highest BCUT2D eigenvalue weighted by Crippen LogP contribution is 2.29. The highest BCUT2D eigenvalue weighted by molar-refractivity contribution is 7.16. The summed E-state index contributed by atoms with van der Waals surface area (Å²) < 4.78 is 13.1. The van der Waals surface area contributed by atoms with Crippen LogP contribution in [0.2, 0.25) is 0 Å². The summed E-state index contributed by atoms with van der Waals surface area (Å²) in [7, 11) is 0. The van der Waals surface area contributed by atoms with Gasteiger partial charge in [0.15, 0.2) is 0 Å². The molecule has 0 atom stereocenters. The summed E-state index contributed by atoms with van der Waals surface area (Å²) in [6.07, 6.45) is 4.72. The molecule has 2 amide bonds. The maximum Gasteiger partial charge on any atom is 0.246 e. The fraction of sp³-hybridized carbons (Fsp3) is 0.200. The molecule has 2 heterocycles. The van der Waals surface area contributed by atoms with Crippen LogP contribution in [0.1, 0.15) is 17.7 Å². The van der Waals surface area contributed by atoms with E-state index < -0.39 is 0 Å². The van der Waals surface area contributed by atoms with E-state index in [0.717, 1.165) is 21.0 Å². The Balaban J connectivity index is 1.28. The number of carbonyl (C=O) groups is 2. The Morgan fingerprint density at radius 2 is 1.68 bits per heavy atom. The van der Waals surface area contributed by atoms with Gasteiger partial charge in [-0.1, -0.05) is 30.3 Å². The first-order valence-electron chi connectivity index (χ1n) is 10.3. The number of carbonyl (C=O) groups excluding carboxylic acids is 2. The molecule has 1 aliphatic heterocycles. The summed E-state index contributed by atoms with van der Waals surface area (Å²) in [6, 6.07) is 19.7. The van der Waals surface area contributed by atoms with E-state index in [1.807, 2.05) is 48.5 Å². The zero-order valence-corrected chi connectivity index (χ0v) is 17.8. The molecule has 3 aromatic rings. The van der Waals surface area contributed by atoms with E-state index in [1.165, 1.54) is 12.1 Å². The van der Waals surface area contributed by atoms with Gasteiger partial charge in [-0.15, -0.1) is 11.3 Å². The number of nitrogens with one attached hydrogen (secondary N) is 1. The predicted octanol–water partition coefficient (Wildman–Crippen LogP) is 5.44. The Morgan fingerprint density at radius 3 is 2.39 bits per heavy atom. The Bertz CT molecular complexity index is 1070. The minimum Gasteiger partial charge on any atom is -0.339 e. The predicted molar refractivity (Wildman–Crippen MR) is 123 cm³/mol. The average molecular weight is 435 g/mol. The Hall–Kier alpha value is -3.25. The standard InChI is InChI=1S/C25H23FN2O2S/c26-20-8-6-18(7-9-20)23-12-10-22(31-23)11-13-24(29)28-16-14-19(15-17-28)25(30)27-21-4-2-1-3-5-21/h1-13,19H,14-17H2,(H,27,30)/b13-11+. The van der Waals surface area contributed by atoms with Crippen LogP contribution in [0.4, 0.5) is 10.1 Å². The smallest absolute Gasteiger partial charge is 0.246 e. The number of hydrogen-bond donors (Lipinski definition) is 1. The van der Waals surface area contributed by atoms with Gasteiger partial charge in [0.05, 0.1) is 0 Å². The normalized spacial score (nSPS) is 14.7. The van der Waals surface area contributed by atoms with Gasteiger partial charge in [0.1, 0.15) is 5.82 Å². The van der Waals surface area contributed by atoms with Crippen LogP contribution in [0.25, 0.3) is 16.5 Å². The summed E-state index contributed by atoms with van der Waals surface area (Å²) in [5, 5.41) is 2.95. The second-order valence-corrected chi connectivity index (χ2v) is 8.61. The van der Waals surface area contributed by atoms with Gasteiger partial charge in [-0.05, 0) is 60.9 Å². The van der Waals surface area contributed by atoms with Gasteiger partial charge >= 0.3 is 0 Å². The largest absolute Gasteiger partial charge is 0.339 e. The molecule has 1 aliphatic rings. The van der Waals surface area contributed by atoms with E-state index in [1.54, 1.807) is 34.4 Å². The zero-order chi connectivity index (χ0) is 21.6. The fourth-order valence-corrected chi connectivity index (χ4v) is 4.51. The molecule has 158 valence electrons. The minimum atomic E-state index is -0.257. The van der Waals surface area contributed by atoms with Crippen LogP contribution in [-0.2, 0) is 9.59 Å². The number of thiophene rings is 1. The number of hydrogen-bond acceptors (Lipinski definition) is 3. The van der Waals surface area contributed by atoms with E-state index >= 15 is 0 Å². The second-order valence-electron chi connectivity index (χ2n) is 7.50. The third-order valence-corrected chi connectivity index (χ3v) is 6.46. The number of halogens is 1. The van der Waals surface area contributed by atoms with Crippen molar-refractivity contribution < 1.29 is 14.0 Å². The van der Waals surface area contributed by atoms with E-state index in [4.69, 9.17) is 0 Å². The third-order valence-electron chi connectivity index (χ3n) is 5.36. The van der Waals surface area contributed by atoms with Gasteiger partial charge in [-0.2, -0.15) is 0 Å². The fourth-order valence-electron chi connectivity index (χ4n) is 3.60. The van der Waals surface area contributed by atoms with Crippen LogP contribution >= 0.6 is 11.3 Å². The van der Waals surface area contributed by atoms with Gasteiger partial charge < -0.3 is 10.2 Å². The van der Waals surface area contributed by atoms with E-state index in [0.29, 0.717) is 25.9 Å². The number of likely N-dealkylation sites (tertiary alicyclic amines) is 1. The molecular weight excluding hydrogens is 411 g/mol. The summed E-state index contributed by atoms with van der Waals surface area (Å²) in [6.45, 7) is 1.14. The number of anilines is 1. The lowest BCUT2D eigenvalue weighted by molar-refractivity contribution is -0.130. The summed E-state index contributed by atoms with van der Waals surface area (Å²) in [4.78, 5) is 28.8. The molecule has 1 aromatic heterocycles. The second kappa shape index (κ2) is 9.71. The van der Waals surface area contributed by atoms with Crippen LogP contribution in [-0.4, -0.2) is 29.8 Å². The maximum absolute atomic E-state index is 13.1. The molecule has 31 heavy (non-hydrogen) atoms. The van der Waals surface area contributed by atoms with E-state index in [2.05, 4.69) is 5.32 Å². The Morgan fingerprint density at radius 1 is 0.968 bits per heavy atom. The molecule has 0 spiro atoms. The third kappa shape index (κ3) is 5.47. The van der Waals surface area contributed by atoms with Crippen molar-refractivity contribution in [2.24, 2.45) is 5.92 Å². The van der Waals surface area contributed by atoms with Gasteiger partial charge in [-0.25, -0.2) is 4.39 Å². The molecular formula is C25H23FN2O2S. The lowest BCUT2D eigenvalue weighted by Crippen LogP contribution is -2.40. The molecule has 1 saturated heterocycles. The lowest BCUT2D eigenvalue weighted by Gasteiger charge is -2.30. The van der Waals surface area contributed by atoms with Gasteiger partial charge in [0.25, 0.3) is 0 Å². The van der Waals surface area contributed by atoms with E-state index in [-0.39, 0.29) is 23.5 Å². The van der Waals surface area contributed by atoms with Crippen molar-refractivity contribution >= 4 is 34.9 Å². The molecule has 0 aliphatic carbocycles. The minimum absolute atomic E-state index is 0.0146. The van der Waals surface area contributed by atoms with Crippen molar-refractivity contribution in [3.63, 3.8) is 0 Å².